The minimum absolute atomic E-state index is 0.441. The highest BCUT2D eigenvalue weighted by molar-refractivity contribution is 4.87. The van der Waals surface area contributed by atoms with Gasteiger partial charge in [0.1, 0.15) is 0 Å². The Morgan fingerprint density at radius 2 is 2.30 bits per heavy atom. The van der Waals surface area contributed by atoms with E-state index in [2.05, 4.69) is 24.8 Å². The first-order valence-electron chi connectivity index (χ1n) is 3.73. The van der Waals surface area contributed by atoms with E-state index in [0.717, 1.165) is 13.1 Å². The van der Waals surface area contributed by atoms with Crippen LogP contribution in [0.3, 0.4) is 0 Å². The zero-order valence-electron chi connectivity index (χ0n) is 6.72. The summed E-state index contributed by atoms with van der Waals surface area (Å²) in [6, 6.07) is 2.17. The molecule has 0 bridgehead atoms. The summed E-state index contributed by atoms with van der Waals surface area (Å²) in [7, 11) is 0. The number of hydrogen-bond donors (Lipinski definition) is 0. The maximum absolute atomic E-state index is 8.41. The Morgan fingerprint density at radius 1 is 1.60 bits per heavy atom. The van der Waals surface area contributed by atoms with Gasteiger partial charge in [0, 0.05) is 6.54 Å². The van der Waals surface area contributed by atoms with Gasteiger partial charge in [0.25, 0.3) is 0 Å². The SMILES string of the molecule is CC1(C)CCN(CC#N)C1. The normalized spacial score (nSPS) is 24.5. The largest absolute Gasteiger partial charge is 0.290 e. The van der Waals surface area contributed by atoms with Gasteiger partial charge in [-0.25, -0.2) is 0 Å². The maximum Gasteiger partial charge on any atom is 0.0866 e. The second kappa shape index (κ2) is 2.59. The molecule has 0 saturated carbocycles. The quantitative estimate of drug-likeness (QED) is 0.510. The Kier molecular flexibility index (Phi) is 1.96. The van der Waals surface area contributed by atoms with E-state index in [1.807, 2.05) is 0 Å². The number of nitriles is 1. The van der Waals surface area contributed by atoms with E-state index in [1.54, 1.807) is 0 Å². The van der Waals surface area contributed by atoms with Crippen molar-refractivity contribution in [3.8, 4) is 6.07 Å². The third kappa shape index (κ3) is 1.71. The van der Waals surface area contributed by atoms with Crippen LogP contribution in [0.25, 0.3) is 0 Å². The lowest BCUT2D eigenvalue weighted by Crippen LogP contribution is -2.23. The van der Waals surface area contributed by atoms with E-state index in [4.69, 9.17) is 5.26 Å². The van der Waals surface area contributed by atoms with Crippen molar-refractivity contribution in [3.05, 3.63) is 0 Å². The molecule has 10 heavy (non-hydrogen) atoms. The van der Waals surface area contributed by atoms with Crippen molar-refractivity contribution in [2.45, 2.75) is 20.3 Å². The van der Waals surface area contributed by atoms with Crippen molar-refractivity contribution < 1.29 is 0 Å². The van der Waals surface area contributed by atoms with Gasteiger partial charge in [-0.1, -0.05) is 13.8 Å². The minimum atomic E-state index is 0.441. The average Bonchev–Trinajstić information content (AvgIpc) is 2.12. The summed E-state index contributed by atoms with van der Waals surface area (Å²) >= 11 is 0. The van der Waals surface area contributed by atoms with Crippen LogP contribution in [0.5, 0.6) is 0 Å². The third-order valence-corrected chi connectivity index (χ3v) is 2.05. The van der Waals surface area contributed by atoms with Gasteiger partial charge in [-0.3, -0.25) is 4.90 Å². The van der Waals surface area contributed by atoms with E-state index >= 15 is 0 Å². The first-order chi connectivity index (χ1) is 4.64. The Balaban J connectivity index is 2.38. The average molecular weight is 138 g/mol. The molecule has 0 aliphatic carbocycles. The zero-order valence-corrected chi connectivity index (χ0v) is 6.72. The van der Waals surface area contributed by atoms with Crippen LogP contribution in [0.2, 0.25) is 0 Å². The molecule has 1 saturated heterocycles. The molecule has 1 aliphatic heterocycles. The second-order valence-electron chi connectivity index (χ2n) is 3.78. The van der Waals surface area contributed by atoms with Gasteiger partial charge in [-0.2, -0.15) is 5.26 Å². The van der Waals surface area contributed by atoms with E-state index in [-0.39, 0.29) is 0 Å². The molecular formula is C8H14N2. The number of nitrogens with zero attached hydrogens (tertiary/aromatic N) is 2. The highest BCUT2D eigenvalue weighted by atomic mass is 15.1. The van der Waals surface area contributed by atoms with Crippen molar-refractivity contribution in [3.63, 3.8) is 0 Å². The molecule has 0 N–H and O–H groups in total. The molecule has 0 amide bonds. The Labute approximate surface area is 62.4 Å². The van der Waals surface area contributed by atoms with E-state index in [9.17, 15) is 0 Å². The van der Waals surface area contributed by atoms with Crippen LogP contribution in [0.15, 0.2) is 0 Å². The van der Waals surface area contributed by atoms with Crippen LogP contribution in [0.4, 0.5) is 0 Å². The molecule has 0 radical (unpaired) electrons. The number of rotatable bonds is 1. The first-order valence-corrected chi connectivity index (χ1v) is 3.73. The fourth-order valence-electron chi connectivity index (χ4n) is 1.46. The third-order valence-electron chi connectivity index (χ3n) is 2.05. The van der Waals surface area contributed by atoms with Gasteiger partial charge in [0.05, 0.1) is 12.6 Å². The molecule has 56 valence electrons. The lowest BCUT2D eigenvalue weighted by molar-refractivity contribution is 0.317. The molecule has 0 unspecified atom stereocenters. The van der Waals surface area contributed by atoms with Crippen molar-refractivity contribution in [1.82, 2.24) is 4.90 Å². The summed E-state index contributed by atoms with van der Waals surface area (Å²) in [4.78, 5) is 2.21. The van der Waals surface area contributed by atoms with Crippen LogP contribution in [0, 0.1) is 16.7 Å². The summed E-state index contributed by atoms with van der Waals surface area (Å²) < 4.78 is 0. The molecule has 1 fully saturated rings. The lowest BCUT2D eigenvalue weighted by atomic mass is 9.93. The maximum atomic E-state index is 8.41. The van der Waals surface area contributed by atoms with Gasteiger partial charge in [0.2, 0.25) is 0 Å². The highest BCUT2D eigenvalue weighted by Gasteiger charge is 2.28. The topological polar surface area (TPSA) is 27.0 Å². The molecule has 1 rings (SSSR count). The Hall–Kier alpha value is -0.550. The van der Waals surface area contributed by atoms with Crippen LogP contribution >= 0.6 is 0 Å². The molecular weight excluding hydrogens is 124 g/mol. The summed E-state index contributed by atoms with van der Waals surface area (Å²) in [5.41, 5.74) is 0.441. The van der Waals surface area contributed by atoms with Crippen molar-refractivity contribution in [2.24, 2.45) is 5.41 Å². The molecule has 1 aliphatic rings. The van der Waals surface area contributed by atoms with Crippen molar-refractivity contribution in [2.75, 3.05) is 19.6 Å². The number of likely N-dealkylation sites (tertiary alicyclic amines) is 1. The van der Waals surface area contributed by atoms with Crippen LogP contribution in [0.1, 0.15) is 20.3 Å². The molecule has 0 spiro atoms. The highest BCUT2D eigenvalue weighted by Crippen LogP contribution is 2.27. The van der Waals surface area contributed by atoms with Gasteiger partial charge in [-0.05, 0) is 18.4 Å². The molecule has 0 aromatic rings. The van der Waals surface area contributed by atoms with Crippen LogP contribution in [-0.2, 0) is 0 Å². The first kappa shape index (κ1) is 7.56. The second-order valence-corrected chi connectivity index (χ2v) is 3.78. The van der Waals surface area contributed by atoms with Crippen molar-refractivity contribution in [1.29, 1.82) is 5.26 Å². The van der Waals surface area contributed by atoms with Crippen LogP contribution in [-0.4, -0.2) is 24.5 Å². The molecule has 0 atom stereocenters. The van der Waals surface area contributed by atoms with Gasteiger partial charge in [-0.15, -0.1) is 0 Å². The monoisotopic (exact) mass is 138 g/mol. The molecule has 2 heteroatoms. The van der Waals surface area contributed by atoms with Crippen LogP contribution < -0.4 is 0 Å². The summed E-state index contributed by atoms with van der Waals surface area (Å²) in [5, 5.41) is 8.41. The molecule has 1 heterocycles. The Bertz CT molecular complexity index is 155. The van der Waals surface area contributed by atoms with Gasteiger partial charge in [0.15, 0.2) is 0 Å². The smallest absolute Gasteiger partial charge is 0.0866 e. The lowest BCUT2D eigenvalue weighted by Gasteiger charge is -2.16. The molecule has 0 aromatic carbocycles. The zero-order chi connectivity index (χ0) is 7.61. The fourth-order valence-corrected chi connectivity index (χ4v) is 1.46. The van der Waals surface area contributed by atoms with E-state index in [0.29, 0.717) is 12.0 Å². The summed E-state index contributed by atoms with van der Waals surface area (Å²) in [6.45, 7) is 7.29. The Morgan fingerprint density at radius 3 is 2.70 bits per heavy atom. The summed E-state index contributed by atoms with van der Waals surface area (Å²) in [6.07, 6.45) is 1.23. The van der Waals surface area contributed by atoms with Gasteiger partial charge < -0.3 is 0 Å². The van der Waals surface area contributed by atoms with Gasteiger partial charge >= 0.3 is 0 Å². The fraction of sp³-hybridized carbons (Fsp3) is 0.875. The predicted molar refractivity (Wildman–Crippen MR) is 40.5 cm³/mol. The number of hydrogen-bond acceptors (Lipinski definition) is 2. The standard InChI is InChI=1S/C8H14N2/c1-8(2)3-5-10(7-8)6-4-9/h3,5-7H2,1-2H3. The van der Waals surface area contributed by atoms with E-state index < -0.39 is 0 Å². The summed E-state index contributed by atoms with van der Waals surface area (Å²) in [5.74, 6) is 0. The van der Waals surface area contributed by atoms with E-state index in [1.165, 1.54) is 6.42 Å². The predicted octanol–water partition coefficient (Wildman–Crippen LogP) is 1.24. The van der Waals surface area contributed by atoms with Crippen molar-refractivity contribution >= 4 is 0 Å². The molecule has 2 nitrogen and oxygen atoms in total. The molecule has 0 aromatic heterocycles. The minimum Gasteiger partial charge on any atom is -0.290 e.